The van der Waals surface area contributed by atoms with Crippen molar-refractivity contribution in [3.63, 3.8) is 0 Å². The van der Waals surface area contributed by atoms with E-state index in [1.807, 2.05) is 0 Å². The van der Waals surface area contributed by atoms with E-state index in [1.54, 1.807) is 0 Å². The minimum absolute atomic E-state index is 0.0678. The summed E-state index contributed by atoms with van der Waals surface area (Å²) in [7, 11) is 0. The van der Waals surface area contributed by atoms with Gasteiger partial charge in [0.2, 0.25) is 0 Å². The first-order chi connectivity index (χ1) is 15.1. The Morgan fingerprint density at radius 3 is 1.21 bits per heavy atom. The van der Waals surface area contributed by atoms with Crippen LogP contribution in [0.1, 0.15) is 79.0 Å². The van der Waals surface area contributed by atoms with Crippen molar-refractivity contribution in [3.05, 3.63) is 74.2 Å². The highest BCUT2D eigenvalue weighted by molar-refractivity contribution is 9.11. The van der Waals surface area contributed by atoms with Crippen molar-refractivity contribution in [2.24, 2.45) is 0 Å². The fourth-order valence-electron chi connectivity index (χ4n) is 4.41. The van der Waals surface area contributed by atoms with Crippen molar-refractivity contribution < 1.29 is 0 Å². The van der Waals surface area contributed by atoms with E-state index < -0.39 is 0 Å². The van der Waals surface area contributed by atoms with Gasteiger partial charge in [0, 0.05) is 25.4 Å². The number of hydrogen-bond donors (Lipinski definition) is 0. The number of rotatable bonds is 1. The topological polar surface area (TPSA) is 4.93 Å². The molecule has 1 aromatic heterocycles. The summed E-state index contributed by atoms with van der Waals surface area (Å²) in [6, 6.07) is 18.4. The first kappa shape index (κ1) is 24.5. The molecule has 1 nitrogen and oxygen atoms in total. The fourth-order valence-corrected chi connectivity index (χ4v) is 5.68. The third kappa shape index (κ3) is 4.44. The van der Waals surface area contributed by atoms with Crippen LogP contribution < -0.4 is 0 Å². The van der Waals surface area contributed by atoms with Crippen LogP contribution in [0.25, 0.3) is 27.5 Å². The average molecular weight is 569 g/mol. The second-order valence-corrected chi connectivity index (χ2v) is 14.0. The maximum absolute atomic E-state index is 3.96. The van der Waals surface area contributed by atoms with Crippen molar-refractivity contribution in [2.45, 2.75) is 78.6 Å². The molecular formula is C30H35Br2N. The molecule has 0 saturated carbocycles. The molecule has 0 unspecified atom stereocenters. The van der Waals surface area contributed by atoms with Gasteiger partial charge < -0.3 is 4.57 Å². The number of nitrogens with zero attached hydrogens (tertiary/aromatic N) is 1. The van der Waals surface area contributed by atoms with Gasteiger partial charge in [-0.05, 0) is 101 Å². The lowest BCUT2D eigenvalue weighted by Crippen LogP contribution is -2.11. The first-order valence-corrected chi connectivity index (χ1v) is 13.3. The van der Waals surface area contributed by atoms with Gasteiger partial charge in [-0.3, -0.25) is 0 Å². The van der Waals surface area contributed by atoms with Gasteiger partial charge in [0.1, 0.15) is 0 Å². The van der Waals surface area contributed by atoms with Gasteiger partial charge in [0.05, 0.1) is 11.0 Å². The summed E-state index contributed by atoms with van der Waals surface area (Å²) < 4.78 is 4.67. The largest absolute Gasteiger partial charge is 0.307 e. The number of benzene rings is 3. The second-order valence-electron chi connectivity index (χ2n) is 12.3. The maximum Gasteiger partial charge on any atom is 0.0683 e. The van der Waals surface area contributed by atoms with Crippen molar-refractivity contribution >= 4 is 53.7 Å². The number of halogens is 2. The highest BCUT2D eigenvalue weighted by atomic mass is 79.9. The van der Waals surface area contributed by atoms with Crippen molar-refractivity contribution in [3.8, 4) is 5.69 Å². The molecule has 0 N–H and O–H groups in total. The van der Waals surface area contributed by atoms with E-state index in [0.29, 0.717) is 0 Å². The highest BCUT2D eigenvalue weighted by Crippen LogP contribution is 2.43. The summed E-state index contributed by atoms with van der Waals surface area (Å²) in [5.41, 5.74) is 7.89. The van der Waals surface area contributed by atoms with Crippen LogP contribution in [0.5, 0.6) is 0 Å². The van der Waals surface area contributed by atoms with Crippen LogP contribution in [0.3, 0.4) is 0 Å². The average Bonchev–Trinajstić information content (AvgIpc) is 3.02. The summed E-state index contributed by atoms with van der Waals surface area (Å²) in [6.07, 6.45) is 0. The van der Waals surface area contributed by atoms with Gasteiger partial charge in [-0.2, -0.15) is 0 Å². The van der Waals surface area contributed by atoms with Gasteiger partial charge in [-0.25, -0.2) is 0 Å². The van der Waals surface area contributed by atoms with Gasteiger partial charge >= 0.3 is 0 Å². The number of hydrogen-bond acceptors (Lipinski definition) is 0. The van der Waals surface area contributed by atoms with E-state index in [1.165, 1.54) is 44.2 Å². The lowest BCUT2D eigenvalue weighted by Gasteiger charge is -2.21. The molecule has 1 heterocycles. The quantitative estimate of drug-likeness (QED) is 0.215. The minimum atomic E-state index is 0.0678. The summed E-state index contributed by atoms with van der Waals surface area (Å²) in [6.45, 7) is 20.5. The Balaban J connectivity index is 2.15. The van der Waals surface area contributed by atoms with Crippen LogP contribution in [0.2, 0.25) is 0 Å². The number of aromatic nitrogens is 1. The van der Waals surface area contributed by atoms with Crippen molar-refractivity contribution in [2.75, 3.05) is 0 Å². The smallest absolute Gasteiger partial charge is 0.0683 e. The third-order valence-electron chi connectivity index (χ3n) is 6.59. The molecule has 0 saturated heterocycles. The monoisotopic (exact) mass is 567 g/mol. The SMILES string of the molecule is CC(C)(C)c1ccc(-n2c3c(Br)cc(C(C)(C)C)cc3c3cc(C(C)(C)C)cc(Br)c32)cc1. The molecule has 0 aliphatic carbocycles. The molecule has 4 aromatic rings. The molecular weight excluding hydrogens is 534 g/mol. The second kappa shape index (κ2) is 7.99. The lowest BCUT2D eigenvalue weighted by atomic mass is 9.85. The Morgan fingerprint density at radius 2 is 0.879 bits per heavy atom. The molecule has 0 amide bonds. The molecule has 3 heteroatoms. The predicted molar refractivity (Wildman–Crippen MR) is 152 cm³/mol. The molecule has 0 radical (unpaired) electrons. The molecule has 33 heavy (non-hydrogen) atoms. The van der Waals surface area contributed by atoms with Gasteiger partial charge in [0.25, 0.3) is 0 Å². The Labute approximate surface area is 215 Å². The van der Waals surface area contributed by atoms with Gasteiger partial charge in [-0.1, -0.05) is 74.4 Å². The molecule has 0 aliphatic rings. The zero-order valence-electron chi connectivity index (χ0n) is 21.3. The van der Waals surface area contributed by atoms with E-state index in [0.717, 1.165) is 8.95 Å². The van der Waals surface area contributed by atoms with E-state index in [2.05, 4.69) is 147 Å². The van der Waals surface area contributed by atoms with Crippen molar-refractivity contribution in [1.29, 1.82) is 0 Å². The summed E-state index contributed by atoms with van der Waals surface area (Å²) in [4.78, 5) is 0. The molecule has 3 aromatic carbocycles. The van der Waals surface area contributed by atoms with Crippen LogP contribution in [-0.4, -0.2) is 4.57 Å². The standard InChI is InChI=1S/C30H35Br2N/c1-28(2,3)18-10-12-21(13-11-18)33-26-22(14-19(16-24(26)31)29(4,5)6)23-15-20(30(7,8)9)17-25(32)27(23)33/h10-17H,1-9H3. The first-order valence-electron chi connectivity index (χ1n) is 11.7. The lowest BCUT2D eigenvalue weighted by molar-refractivity contribution is 0.590. The van der Waals surface area contributed by atoms with E-state index in [-0.39, 0.29) is 16.2 Å². The number of fused-ring (bicyclic) bond motifs is 3. The maximum atomic E-state index is 3.96. The molecule has 0 spiro atoms. The molecule has 0 bridgehead atoms. The van der Waals surface area contributed by atoms with E-state index >= 15 is 0 Å². The molecule has 174 valence electrons. The van der Waals surface area contributed by atoms with Crippen molar-refractivity contribution in [1.82, 2.24) is 4.57 Å². The normalized spacial score (nSPS) is 13.3. The summed E-state index contributed by atoms with van der Waals surface area (Å²) in [5.74, 6) is 0. The zero-order chi connectivity index (χ0) is 24.5. The van der Waals surface area contributed by atoms with Crippen LogP contribution >= 0.6 is 31.9 Å². The zero-order valence-corrected chi connectivity index (χ0v) is 24.5. The minimum Gasteiger partial charge on any atom is -0.307 e. The highest BCUT2D eigenvalue weighted by Gasteiger charge is 2.24. The van der Waals surface area contributed by atoms with E-state index in [4.69, 9.17) is 0 Å². The van der Waals surface area contributed by atoms with Crippen LogP contribution in [0, 0.1) is 0 Å². The molecule has 0 atom stereocenters. The summed E-state index contributed by atoms with van der Waals surface area (Å²) >= 11 is 7.92. The summed E-state index contributed by atoms with van der Waals surface area (Å²) in [5, 5.41) is 2.58. The van der Waals surface area contributed by atoms with Gasteiger partial charge in [-0.15, -0.1) is 0 Å². The molecule has 4 rings (SSSR count). The van der Waals surface area contributed by atoms with Crippen LogP contribution in [-0.2, 0) is 16.2 Å². The van der Waals surface area contributed by atoms with Crippen LogP contribution in [0.4, 0.5) is 0 Å². The third-order valence-corrected chi connectivity index (χ3v) is 7.80. The molecule has 0 fully saturated rings. The Hall–Kier alpha value is -1.58. The predicted octanol–water partition coefficient (Wildman–Crippen LogP) is 10.2. The van der Waals surface area contributed by atoms with Gasteiger partial charge in [0.15, 0.2) is 0 Å². The van der Waals surface area contributed by atoms with E-state index in [9.17, 15) is 0 Å². The Morgan fingerprint density at radius 1 is 0.515 bits per heavy atom. The fraction of sp³-hybridized carbons (Fsp3) is 0.400. The Bertz CT molecular complexity index is 1270. The van der Waals surface area contributed by atoms with Crippen LogP contribution in [0.15, 0.2) is 57.5 Å². The molecule has 0 aliphatic heterocycles. The Kier molecular flexibility index (Phi) is 5.94.